The Hall–Kier alpha value is -3.41. The Bertz CT molecular complexity index is 1070. The van der Waals surface area contributed by atoms with Gasteiger partial charge in [-0.05, 0) is 49.1 Å². The van der Waals surface area contributed by atoms with E-state index >= 15 is 0 Å². The van der Waals surface area contributed by atoms with E-state index in [0.717, 1.165) is 22.0 Å². The van der Waals surface area contributed by atoms with Crippen LogP contribution in [0.2, 0.25) is 0 Å². The summed E-state index contributed by atoms with van der Waals surface area (Å²) in [6.07, 6.45) is 2.36. The van der Waals surface area contributed by atoms with Gasteiger partial charge in [-0.25, -0.2) is 0 Å². The molecule has 2 atom stereocenters. The molecule has 2 aromatic carbocycles. The molecule has 0 spiro atoms. The van der Waals surface area contributed by atoms with Crippen molar-refractivity contribution in [3.05, 3.63) is 60.8 Å². The molecule has 6 heteroatoms. The number of pyridine rings is 1. The normalized spacial score (nSPS) is 17.5. The summed E-state index contributed by atoms with van der Waals surface area (Å²) in [5.74, 6) is -0.980. The van der Waals surface area contributed by atoms with Crippen molar-refractivity contribution >= 4 is 22.8 Å². The number of piperidine rings is 1. The number of carboxylic acids is 1. The third-order valence-corrected chi connectivity index (χ3v) is 5.54. The van der Waals surface area contributed by atoms with Gasteiger partial charge in [-0.3, -0.25) is 14.6 Å². The van der Waals surface area contributed by atoms with Crippen molar-refractivity contribution in [2.45, 2.75) is 25.9 Å². The van der Waals surface area contributed by atoms with Crippen molar-refractivity contribution in [1.29, 1.82) is 0 Å². The maximum absolute atomic E-state index is 12.8. The molecule has 6 nitrogen and oxygen atoms in total. The highest BCUT2D eigenvalue weighted by Gasteiger charge is 2.31. The van der Waals surface area contributed by atoms with Crippen LogP contribution in [-0.2, 0) is 9.59 Å². The zero-order valence-electron chi connectivity index (χ0n) is 16.8. The highest BCUT2D eigenvalue weighted by atomic mass is 16.5. The van der Waals surface area contributed by atoms with Gasteiger partial charge in [0.25, 0.3) is 5.91 Å². The van der Waals surface area contributed by atoms with E-state index in [1.54, 1.807) is 18.0 Å². The van der Waals surface area contributed by atoms with Crippen molar-refractivity contribution in [1.82, 2.24) is 9.88 Å². The van der Waals surface area contributed by atoms with Crippen LogP contribution in [-0.4, -0.2) is 46.1 Å². The fraction of sp³-hybridized carbons (Fsp3) is 0.292. The van der Waals surface area contributed by atoms with Gasteiger partial charge in [-0.2, -0.15) is 0 Å². The first-order chi connectivity index (χ1) is 14.5. The van der Waals surface area contributed by atoms with Gasteiger partial charge in [0.05, 0.1) is 11.4 Å². The van der Waals surface area contributed by atoms with E-state index in [0.29, 0.717) is 25.1 Å². The lowest BCUT2D eigenvalue weighted by atomic mass is 9.98. The number of aliphatic carboxylic acids is 1. The van der Waals surface area contributed by atoms with Crippen LogP contribution in [0, 0.1) is 5.92 Å². The Labute approximate surface area is 175 Å². The first kappa shape index (κ1) is 19.9. The number of hydrogen-bond acceptors (Lipinski definition) is 4. The van der Waals surface area contributed by atoms with Crippen LogP contribution in [0.25, 0.3) is 22.0 Å². The number of carboxylic acid groups (broad SMARTS) is 1. The van der Waals surface area contributed by atoms with Gasteiger partial charge in [-0.1, -0.05) is 30.3 Å². The second-order valence-corrected chi connectivity index (χ2v) is 7.63. The summed E-state index contributed by atoms with van der Waals surface area (Å²) in [5, 5.41) is 10.3. The number of hydrogen-bond donors (Lipinski definition) is 1. The van der Waals surface area contributed by atoms with Crippen LogP contribution in [0.4, 0.5) is 0 Å². The number of fused-ring (bicyclic) bond motifs is 1. The van der Waals surface area contributed by atoms with E-state index in [9.17, 15) is 14.7 Å². The number of nitrogens with zero attached hydrogens (tertiary/aromatic N) is 2. The average molecular weight is 404 g/mol. The molecule has 3 aromatic rings. The van der Waals surface area contributed by atoms with Gasteiger partial charge in [0.15, 0.2) is 6.10 Å². The fourth-order valence-electron chi connectivity index (χ4n) is 3.96. The molecule has 1 aromatic heterocycles. The molecule has 0 unspecified atom stereocenters. The maximum atomic E-state index is 12.8. The van der Waals surface area contributed by atoms with Gasteiger partial charge in [-0.15, -0.1) is 0 Å². The van der Waals surface area contributed by atoms with Crippen LogP contribution in [0.1, 0.15) is 19.8 Å². The molecule has 1 aliphatic heterocycles. The number of benzene rings is 2. The Morgan fingerprint density at radius 1 is 1.17 bits per heavy atom. The van der Waals surface area contributed by atoms with E-state index in [1.165, 1.54) is 0 Å². The zero-order valence-corrected chi connectivity index (χ0v) is 16.8. The van der Waals surface area contributed by atoms with E-state index in [4.69, 9.17) is 4.74 Å². The van der Waals surface area contributed by atoms with Gasteiger partial charge in [0.2, 0.25) is 0 Å². The van der Waals surface area contributed by atoms with Crippen molar-refractivity contribution in [3.8, 4) is 16.9 Å². The molecular formula is C24H24N2O4. The third-order valence-electron chi connectivity index (χ3n) is 5.54. The summed E-state index contributed by atoms with van der Waals surface area (Å²) in [4.78, 5) is 30.1. The van der Waals surface area contributed by atoms with Crippen LogP contribution < -0.4 is 4.74 Å². The van der Waals surface area contributed by atoms with E-state index in [1.807, 2.05) is 42.5 Å². The quantitative estimate of drug-likeness (QED) is 0.695. The number of amides is 1. The van der Waals surface area contributed by atoms with Crippen LogP contribution in [0.15, 0.2) is 60.8 Å². The first-order valence-electron chi connectivity index (χ1n) is 10.2. The Morgan fingerprint density at radius 3 is 2.73 bits per heavy atom. The minimum atomic E-state index is -0.851. The number of likely N-dealkylation sites (tertiary alicyclic amines) is 1. The molecule has 4 rings (SSSR count). The largest absolute Gasteiger partial charge is 0.481 e. The van der Waals surface area contributed by atoms with Crippen molar-refractivity contribution in [3.63, 3.8) is 0 Å². The second kappa shape index (κ2) is 8.53. The van der Waals surface area contributed by atoms with Crippen molar-refractivity contribution < 1.29 is 19.4 Å². The first-order valence-corrected chi connectivity index (χ1v) is 10.2. The Balaban J connectivity index is 1.51. The molecule has 1 fully saturated rings. The molecule has 154 valence electrons. The van der Waals surface area contributed by atoms with Gasteiger partial charge in [0.1, 0.15) is 5.75 Å². The standard InChI is InChI=1S/C24H24N2O4/c1-16(23(27)26-13-5-8-18(15-26)24(28)29)30-19-9-10-21-20(11-12-25-22(21)14-19)17-6-3-2-4-7-17/h2-4,6-7,9-12,14,16,18H,5,8,13,15H2,1H3,(H,28,29)/t16-,18+/m1/s1. The van der Waals surface area contributed by atoms with Crippen LogP contribution in [0.3, 0.4) is 0 Å². The number of carbonyl (C=O) groups is 2. The lowest BCUT2D eigenvalue weighted by Gasteiger charge is -2.32. The highest BCUT2D eigenvalue weighted by Crippen LogP contribution is 2.30. The monoisotopic (exact) mass is 404 g/mol. The zero-order chi connectivity index (χ0) is 21.1. The predicted molar refractivity (Wildman–Crippen MR) is 114 cm³/mol. The smallest absolute Gasteiger partial charge is 0.308 e. The summed E-state index contributed by atoms with van der Waals surface area (Å²) >= 11 is 0. The van der Waals surface area contributed by atoms with E-state index in [2.05, 4.69) is 17.1 Å². The van der Waals surface area contributed by atoms with Crippen LogP contribution in [0.5, 0.6) is 5.75 Å². The lowest BCUT2D eigenvalue weighted by molar-refractivity contribution is -0.147. The van der Waals surface area contributed by atoms with Gasteiger partial charge >= 0.3 is 5.97 Å². The summed E-state index contributed by atoms with van der Waals surface area (Å²) < 4.78 is 5.90. The molecule has 1 amide bonds. The number of carbonyl (C=O) groups excluding carboxylic acids is 1. The maximum Gasteiger partial charge on any atom is 0.308 e. The molecule has 1 N–H and O–H groups in total. The minimum Gasteiger partial charge on any atom is -0.481 e. The molecule has 0 aliphatic carbocycles. The van der Waals surface area contributed by atoms with Crippen molar-refractivity contribution in [2.24, 2.45) is 5.92 Å². The molecule has 1 aliphatic rings. The molecule has 0 saturated carbocycles. The number of aromatic nitrogens is 1. The van der Waals surface area contributed by atoms with Crippen LogP contribution >= 0.6 is 0 Å². The van der Waals surface area contributed by atoms with E-state index in [-0.39, 0.29) is 12.5 Å². The van der Waals surface area contributed by atoms with Gasteiger partial charge in [0, 0.05) is 30.7 Å². The summed E-state index contributed by atoms with van der Waals surface area (Å²) in [5.41, 5.74) is 2.99. The number of rotatable bonds is 5. The van der Waals surface area contributed by atoms with Gasteiger partial charge < -0.3 is 14.7 Å². The minimum absolute atomic E-state index is 0.188. The summed E-state index contributed by atoms with van der Waals surface area (Å²) in [6.45, 7) is 2.50. The molecule has 0 radical (unpaired) electrons. The Morgan fingerprint density at radius 2 is 1.97 bits per heavy atom. The Kier molecular flexibility index (Phi) is 5.65. The molecule has 1 saturated heterocycles. The fourth-order valence-corrected chi connectivity index (χ4v) is 3.96. The topological polar surface area (TPSA) is 79.7 Å². The third kappa shape index (κ3) is 4.13. The molecule has 2 heterocycles. The van der Waals surface area contributed by atoms with Crippen molar-refractivity contribution in [2.75, 3.05) is 13.1 Å². The lowest BCUT2D eigenvalue weighted by Crippen LogP contribution is -2.47. The molecule has 30 heavy (non-hydrogen) atoms. The molecular weight excluding hydrogens is 380 g/mol. The summed E-state index contributed by atoms with van der Waals surface area (Å²) in [6, 6.07) is 17.7. The molecule has 0 bridgehead atoms. The summed E-state index contributed by atoms with van der Waals surface area (Å²) in [7, 11) is 0. The predicted octanol–water partition coefficient (Wildman–Crippen LogP) is 3.99. The second-order valence-electron chi connectivity index (χ2n) is 7.63. The highest BCUT2D eigenvalue weighted by molar-refractivity contribution is 5.95. The SMILES string of the molecule is C[C@@H](Oc1ccc2c(-c3ccccc3)ccnc2c1)C(=O)N1CCC[C@H](C(=O)O)C1. The average Bonchev–Trinajstić information content (AvgIpc) is 2.78. The van der Waals surface area contributed by atoms with E-state index < -0.39 is 18.0 Å². The number of ether oxygens (including phenoxy) is 1.